The lowest BCUT2D eigenvalue weighted by atomic mass is 10.1. The standard InChI is InChI=1S/C9H9ClN2O3/c1-6-7(9(14)15-2)3-4-11-8(6)12(10)5-13/h3-5H,1-2H3. The van der Waals surface area contributed by atoms with Crippen molar-refractivity contribution in [2.45, 2.75) is 6.92 Å². The summed E-state index contributed by atoms with van der Waals surface area (Å²) in [5.74, 6) is -0.276. The van der Waals surface area contributed by atoms with Crippen LogP contribution in [0.25, 0.3) is 0 Å². The molecule has 1 aromatic rings. The molecule has 1 rings (SSSR count). The Morgan fingerprint density at radius 2 is 2.33 bits per heavy atom. The molecule has 15 heavy (non-hydrogen) atoms. The molecule has 0 N–H and O–H groups in total. The Bertz CT molecular complexity index is 395. The predicted octanol–water partition coefficient (Wildman–Crippen LogP) is 1.29. The van der Waals surface area contributed by atoms with Crippen molar-refractivity contribution in [3.8, 4) is 0 Å². The second-order valence-electron chi connectivity index (χ2n) is 2.72. The molecule has 0 aliphatic carbocycles. The quantitative estimate of drug-likeness (QED) is 0.444. The minimum absolute atomic E-state index is 0.217. The molecule has 0 bridgehead atoms. The number of carbonyl (C=O) groups excluding carboxylic acids is 2. The Morgan fingerprint density at radius 1 is 1.67 bits per heavy atom. The van der Waals surface area contributed by atoms with Crippen LogP contribution in [0.3, 0.4) is 0 Å². The van der Waals surface area contributed by atoms with Gasteiger partial charge in [-0.1, -0.05) is 0 Å². The zero-order chi connectivity index (χ0) is 11.4. The summed E-state index contributed by atoms with van der Waals surface area (Å²) >= 11 is 5.57. The number of esters is 1. The fourth-order valence-corrected chi connectivity index (χ4v) is 1.29. The van der Waals surface area contributed by atoms with Gasteiger partial charge in [0.25, 0.3) is 0 Å². The molecule has 0 fully saturated rings. The van der Waals surface area contributed by atoms with Gasteiger partial charge in [0, 0.05) is 23.5 Å². The maximum atomic E-state index is 11.3. The third kappa shape index (κ3) is 2.24. The van der Waals surface area contributed by atoms with Crippen LogP contribution in [0.2, 0.25) is 0 Å². The lowest BCUT2D eigenvalue weighted by Gasteiger charge is -2.11. The Balaban J connectivity index is 3.22. The summed E-state index contributed by atoms with van der Waals surface area (Å²) in [7, 11) is 1.28. The molecule has 6 heteroatoms. The minimum Gasteiger partial charge on any atom is -0.465 e. The second-order valence-corrected chi connectivity index (χ2v) is 3.08. The van der Waals surface area contributed by atoms with Crippen LogP contribution in [0.4, 0.5) is 5.82 Å². The molecule has 0 aromatic carbocycles. The number of anilines is 1. The summed E-state index contributed by atoms with van der Waals surface area (Å²) < 4.78 is 5.35. The third-order valence-electron chi connectivity index (χ3n) is 1.88. The SMILES string of the molecule is COC(=O)c1ccnc(N(Cl)C=O)c1C. The lowest BCUT2D eigenvalue weighted by Crippen LogP contribution is -2.13. The van der Waals surface area contributed by atoms with Gasteiger partial charge in [-0.15, -0.1) is 0 Å². The number of rotatable bonds is 3. The van der Waals surface area contributed by atoms with E-state index in [9.17, 15) is 9.59 Å². The second kappa shape index (κ2) is 4.75. The van der Waals surface area contributed by atoms with E-state index >= 15 is 0 Å². The molecule has 0 atom stereocenters. The molecule has 0 aliphatic rings. The van der Waals surface area contributed by atoms with Crippen LogP contribution in [0, 0.1) is 6.92 Å². The van der Waals surface area contributed by atoms with Crippen LogP contribution < -0.4 is 4.42 Å². The first-order chi connectivity index (χ1) is 7.11. The largest absolute Gasteiger partial charge is 0.465 e. The van der Waals surface area contributed by atoms with E-state index in [-0.39, 0.29) is 5.82 Å². The zero-order valence-corrected chi connectivity index (χ0v) is 8.99. The average molecular weight is 229 g/mol. The molecule has 1 heterocycles. The van der Waals surface area contributed by atoms with Gasteiger partial charge < -0.3 is 4.74 Å². The molecular weight excluding hydrogens is 220 g/mol. The molecule has 0 unspecified atom stereocenters. The number of ether oxygens (including phenoxy) is 1. The first-order valence-corrected chi connectivity index (χ1v) is 4.39. The van der Waals surface area contributed by atoms with Crippen molar-refractivity contribution in [2.24, 2.45) is 0 Å². The van der Waals surface area contributed by atoms with Crippen LogP contribution in [-0.2, 0) is 9.53 Å². The number of methoxy groups -OCH3 is 1. The van der Waals surface area contributed by atoms with Crippen molar-refractivity contribution in [1.29, 1.82) is 0 Å². The number of carbonyl (C=O) groups is 2. The number of nitrogens with zero attached hydrogens (tertiary/aromatic N) is 2. The number of hydrogen-bond donors (Lipinski definition) is 0. The molecule has 0 saturated heterocycles. The Kier molecular flexibility index (Phi) is 3.62. The monoisotopic (exact) mass is 228 g/mol. The fourth-order valence-electron chi connectivity index (χ4n) is 1.12. The van der Waals surface area contributed by atoms with Crippen LogP contribution >= 0.6 is 11.8 Å². The highest BCUT2D eigenvalue weighted by molar-refractivity contribution is 6.32. The highest BCUT2D eigenvalue weighted by Gasteiger charge is 2.15. The predicted molar refractivity (Wildman–Crippen MR) is 54.7 cm³/mol. The van der Waals surface area contributed by atoms with Crippen LogP contribution in [0.15, 0.2) is 12.3 Å². The van der Waals surface area contributed by atoms with Gasteiger partial charge >= 0.3 is 5.97 Å². The number of pyridine rings is 1. The zero-order valence-electron chi connectivity index (χ0n) is 8.23. The Morgan fingerprint density at radius 3 is 2.87 bits per heavy atom. The fraction of sp³-hybridized carbons (Fsp3) is 0.222. The van der Waals surface area contributed by atoms with Crippen molar-refractivity contribution < 1.29 is 14.3 Å². The number of halogens is 1. The Labute approximate surface area is 91.7 Å². The van der Waals surface area contributed by atoms with E-state index in [0.717, 1.165) is 4.42 Å². The van der Waals surface area contributed by atoms with Crippen molar-refractivity contribution in [1.82, 2.24) is 4.98 Å². The maximum absolute atomic E-state index is 11.3. The number of aromatic nitrogens is 1. The summed E-state index contributed by atoms with van der Waals surface area (Å²) in [5, 5.41) is 0. The maximum Gasteiger partial charge on any atom is 0.338 e. The van der Waals surface area contributed by atoms with Crippen molar-refractivity contribution >= 4 is 30.0 Å². The molecular formula is C9H9ClN2O3. The van der Waals surface area contributed by atoms with Gasteiger partial charge in [0.1, 0.15) is 0 Å². The highest BCUT2D eigenvalue weighted by Crippen LogP contribution is 2.21. The van der Waals surface area contributed by atoms with Gasteiger partial charge in [0.2, 0.25) is 6.41 Å². The van der Waals surface area contributed by atoms with Gasteiger partial charge in [-0.05, 0) is 13.0 Å². The van der Waals surface area contributed by atoms with E-state index in [1.165, 1.54) is 19.4 Å². The topological polar surface area (TPSA) is 59.5 Å². The highest BCUT2D eigenvalue weighted by atomic mass is 35.5. The van der Waals surface area contributed by atoms with Gasteiger partial charge in [-0.25, -0.2) is 14.2 Å². The summed E-state index contributed by atoms with van der Waals surface area (Å²) in [6.45, 7) is 1.63. The summed E-state index contributed by atoms with van der Waals surface area (Å²) in [6.07, 6.45) is 1.78. The summed E-state index contributed by atoms with van der Waals surface area (Å²) in [6, 6.07) is 1.50. The van der Waals surface area contributed by atoms with E-state index in [2.05, 4.69) is 9.72 Å². The van der Waals surface area contributed by atoms with E-state index < -0.39 is 5.97 Å². The number of hydrogen-bond acceptors (Lipinski definition) is 4. The third-order valence-corrected chi connectivity index (χ3v) is 2.12. The molecule has 0 radical (unpaired) electrons. The van der Waals surface area contributed by atoms with E-state index in [1.54, 1.807) is 6.92 Å². The van der Waals surface area contributed by atoms with Crippen LogP contribution in [-0.4, -0.2) is 24.5 Å². The summed E-state index contributed by atoms with van der Waals surface area (Å²) in [5.41, 5.74) is 0.821. The molecule has 0 saturated carbocycles. The summed E-state index contributed by atoms with van der Waals surface area (Å²) in [4.78, 5) is 25.6. The molecule has 1 amide bonds. The molecule has 80 valence electrons. The molecule has 5 nitrogen and oxygen atoms in total. The van der Waals surface area contributed by atoms with Gasteiger partial charge in [0.05, 0.1) is 12.7 Å². The smallest absolute Gasteiger partial charge is 0.338 e. The lowest BCUT2D eigenvalue weighted by molar-refractivity contribution is -0.106. The van der Waals surface area contributed by atoms with Gasteiger partial charge in [-0.3, -0.25) is 4.79 Å². The van der Waals surface area contributed by atoms with E-state index in [4.69, 9.17) is 11.8 Å². The molecule has 0 spiro atoms. The normalized spacial score (nSPS) is 9.53. The van der Waals surface area contributed by atoms with E-state index in [0.29, 0.717) is 17.5 Å². The number of amides is 1. The first kappa shape index (κ1) is 11.5. The van der Waals surface area contributed by atoms with Gasteiger partial charge in [0.15, 0.2) is 5.82 Å². The minimum atomic E-state index is -0.493. The van der Waals surface area contributed by atoms with Crippen LogP contribution in [0.5, 0.6) is 0 Å². The van der Waals surface area contributed by atoms with E-state index in [1.807, 2.05) is 0 Å². The van der Waals surface area contributed by atoms with Crippen LogP contribution in [0.1, 0.15) is 15.9 Å². The van der Waals surface area contributed by atoms with Crippen molar-refractivity contribution in [3.63, 3.8) is 0 Å². The molecule has 0 aliphatic heterocycles. The first-order valence-electron chi connectivity index (χ1n) is 4.06. The van der Waals surface area contributed by atoms with Gasteiger partial charge in [-0.2, -0.15) is 0 Å². The average Bonchev–Trinajstić information content (AvgIpc) is 2.27. The van der Waals surface area contributed by atoms with Crippen molar-refractivity contribution in [3.05, 3.63) is 23.4 Å². The van der Waals surface area contributed by atoms with Crippen molar-refractivity contribution in [2.75, 3.05) is 11.5 Å². The Hall–Kier alpha value is -1.62. The molecule has 1 aromatic heterocycles.